The molecule has 1 heterocycles. The van der Waals surface area contributed by atoms with E-state index in [2.05, 4.69) is 5.32 Å². The zero-order valence-electron chi connectivity index (χ0n) is 14.0. The Bertz CT molecular complexity index is 731. The first-order valence-electron chi connectivity index (χ1n) is 8.45. The Hall–Kier alpha value is -2.69. The standard InChI is InChI=1S/C20H21FN2O2/c21-17-9-6-15(7-10-17)8-11-20(25)23-13-18(22-19(24)14-23)12-16-4-2-1-3-5-16/h1-7,9-10,18H,8,11-14H2,(H,22,24)/t18-/m0/s1. The number of rotatable bonds is 5. The average molecular weight is 340 g/mol. The SMILES string of the molecule is O=C1CN(C(=O)CCc2ccc(F)cc2)C[C@H](Cc2ccccc2)N1. The van der Waals surface area contributed by atoms with Crippen LogP contribution in [0.4, 0.5) is 4.39 Å². The van der Waals surface area contributed by atoms with Crippen LogP contribution in [0.2, 0.25) is 0 Å². The van der Waals surface area contributed by atoms with Gasteiger partial charge in [0.05, 0.1) is 12.6 Å². The minimum atomic E-state index is -0.286. The highest BCUT2D eigenvalue weighted by Gasteiger charge is 2.27. The molecule has 1 saturated heterocycles. The third-order valence-electron chi connectivity index (χ3n) is 4.36. The third-order valence-corrected chi connectivity index (χ3v) is 4.36. The lowest BCUT2D eigenvalue weighted by Gasteiger charge is -2.33. The molecule has 1 aliphatic rings. The maximum atomic E-state index is 12.9. The second kappa shape index (κ2) is 7.92. The number of halogens is 1. The first-order chi connectivity index (χ1) is 12.1. The van der Waals surface area contributed by atoms with E-state index < -0.39 is 0 Å². The van der Waals surface area contributed by atoms with Crippen LogP contribution in [0.15, 0.2) is 54.6 Å². The summed E-state index contributed by atoms with van der Waals surface area (Å²) in [5.41, 5.74) is 2.05. The van der Waals surface area contributed by atoms with Gasteiger partial charge in [-0.2, -0.15) is 0 Å². The van der Waals surface area contributed by atoms with Crippen molar-refractivity contribution in [3.63, 3.8) is 0 Å². The molecular weight excluding hydrogens is 319 g/mol. The van der Waals surface area contributed by atoms with Crippen LogP contribution in [0.25, 0.3) is 0 Å². The van der Waals surface area contributed by atoms with E-state index in [0.717, 1.165) is 11.1 Å². The fourth-order valence-corrected chi connectivity index (χ4v) is 3.09. The molecular formula is C20H21FN2O2. The summed E-state index contributed by atoms with van der Waals surface area (Å²) in [6.07, 6.45) is 1.56. The number of carbonyl (C=O) groups is 2. The number of nitrogens with one attached hydrogen (secondary N) is 1. The fraction of sp³-hybridized carbons (Fsp3) is 0.300. The number of carbonyl (C=O) groups excluding carboxylic acids is 2. The summed E-state index contributed by atoms with van der Waals surface area (Å²) in [4.78, 5) is 26.0. The predicted molar refractivity (Wildman–Crippen MR) is 93.4 cm³/mol. The van der Waals surface area contributed by atoms with Crippen molar-refractivity contribution < 1.29 is 14.0 Å². The number of nitrogens with zero attached hydrogens (tertiary/aromatic N) is 1. The zero-order valence-corrected chi connectivity index (χ0v) is 14.0. The first kappa shape index (κ1) is 17.1. The van der Waals surface area contributed by atoms with Crippen LogP contribution in [-0.4, -0.2) is 35.8 Å². The minimum Gasteiger partial charge on any atom is -0.350 e. The van der Waals surface area contributed by atoms with E-state index >= 15 is 0 Å². The molecule has 2 aromatic carbocycles. The molecule has 1 atom stereocenters. The molecule has 0 saturated carbocycles. The fourth-order valence-electron chi connectivity index (χ4n) is 3.09. The van der Waals surface area contributed by atoms with Crippen LogP contribution in [0.3, 0.4) is 0 Å². The third kappa shape index (κ3) is 4.89. The second-order valence-corrected chi connectivity index (χ2v) is 6.35. The Morgan fingerprint density at radius 1 is 1.08 bits per heavy atom. The van der Waals surface area contributed by atoms with Gasteiger partial charge in [0.25, 0.3) is 0 Å². The summed E-state index contributed by atoms with van der Waals surface area (Å²) in [5.74, 6) is -0.453. The second-order valence-electron chi connectivity index (χ2n) is 6.35. The highest BCUT2D eigenvalue weighted by atomic mass is 19.1. The van der Waals surface area contributed by atoms with Crippen LogP contribution in [0.5, 0.6) is 0 Å². The van der Waals surface area contributed by atoms with Crippen molar-refractivity contribution >= 4 is 11.8 Å². The number of amides is 2. The summed E-state index contributed by atoms with van der Waals surface area (Å²) >= 11 is 0. The molecule has 1 fully saturated rings. The molecule has 2 aromatic rings. The number of hydrogen-bond acceptors (Lipinski definition) is 2. The smallest absolute Gasteiger partial charge is 0.239 e. The van der Waals surface area contributed by atoms with Crippen LogP contribution in [0, 0.1) is 5.82 Å². The Morgan fingerprint density at radius 2 is 1.80 bits per heavy atom. The summed E-state index contributed by atoms with van der Waals surface area (Å²) in [7, 11) is 0. The van der Waals surface area contributed by atoms with Gasteiger partial charge in [0.2, 0.25) is 11.8 Å². The first-order valence-corrected chi connectivity index (χ1v) is 8.45. The highest BCUT2D eigenvalue weighted by molar-refractivity contribution is 5.86. The molecule has 1 aliphatic heterocycles. The van der Waals surface area contributed by atoms with E-state index in [4.69, 9.17) is 0 Å². The molecule has 5 heteroatoms. The molecule has 130 valence electrons. The lowest BCUT2D eigenvalue weighted by molar-refractivity contribution is -0.139. The van der Waals surface area contributed by atoms with Crippen LogP contribution in [0.1, 0.15) is 17.5 Å². The molecule has 2 amide bonds. The summed E-state index contributed by atoms with van der Waals surface area (Å²) in [5, 5.41) is 2.96. The number of benzene rings is 2. The molecule has 0 spiro atoms. The lowest BCUT2D eigenvalue weighted by atomic mass is 10.0. The molecule has 3 rings (SSSR count). The van der Waals surface area contributed by atoms with E-state index in [-0.39, 0.29) is 30.2 Å². The van der Waals surface area contributed by atoms with E-state index in [1.165, 1.54) is 12.1 Å². The topological polar surface area (TPSA) is 49.4 Å². The van der Waals surface area contributed by atoms with Gasteiger partial charge >= 0.3 is 0 Å². The van der Waals surface area contributed by atoms with E-state index in [0.29, 0.717) is 25.8 Å². The van der Waals surface area contributed by atoms with Crippen molar-refractivity contribution in [1.29, 1.82) is 0 Å². The van der Waals surface area contributed by atoms with Crippen molar-refractivity contribution in [1.82, 2.24) is 10.2 Å². The molecule has 0 aliphatic carbocycles. The van der Waals surface area contributed by atoms with Crippen LogP contribution in [-0.2, 0) is 22.4 Å². The van der Waals surface area contributed by atoms with Crippen molar-refractivity contribution in [2.24, 2.45) is 0 Å². The van der Waals surface area contributed by atoms with Gasteiger partial charge in [0.1, 0.15) is 5.82 Å². The summed E-state index contributed by atoms with van der Waals surface area (Å²) < 4.78 is 12.9. The van der Waals surface area contributed by atoms with Gasteiger partial charge < -0.3 is 10.2 Å². The van der Waals surface area contributed by atoms with Gasteiger partial charge in [-0.15, -0.1) is 0 Å². The Kier molecular flexibility index (Phi) is 5.43. The van der Waals surface area contributed by atoms with Crippen molar-refractivity contribution in [2.45, 2.75) is 25.3 Å². The normalized spacial score (nSPS) is 17.2. The molecule has 0 radical (unpaired) electrons. The Labute approximate surface area is 146 Å². The van der Waals surface area contributed by atoms with Gasteiger partial charge in [0.15, 0.2) is 0 Å². The number of hydrogen-bond donors (Lipinski definition) is 1. The Balaban J connectivity index is 1.56. The van der Waals surface area contributed by atoms with Gasteiger partial charge in [-0.05, 0) is 36.1 Å². The van der Waals surface area contributed by atoms with Gasteiger partial charge in [-0.3, -0.25) is 9.59 Å². The lowest BCUT2D eigenvalue weighted by Crippen LogP contribution is -2.56. The number of piperazine rings is 1. The summed E-state index contributed by atoms with van der Waals surface area (Å²) in [6, 6.07) is 16.0. The zero-order chi connectivity index (χ0) is 17.6. The van der Waals surface area contributed by atoms with E-state index in [9.17, 15) is 14.0 Å². The summed E-state index contributed by atoms with van der Waals surface area (Å²) in [6.45, 7) is 0.621. The quantitative estimate of drug-likeness (QED) is 0.908. The molecule has 0 bridgehead atoms. The Morgan fingerprint density at radius 3 is 2.52 bits per heavy atom. The monoisotopic (exact) mass is 340 g/mol. The van der Waals surface area contributed by atoms with Crippen molar-refractivity contribution in [3.8, 4) is 0 Å². The van der Waals surface area contributed by atoms with Crippen molar-refractivity contribution in [3.05, 3.63) is 71.5 Å². The predicted octanol–water partition coefficient (Wildman–Crippen LogP) is 2.33. The van der Waals surface area contributed by atoms with Crippen LogP contribution < -0.4 is 5.32 Å². The van der Waals surface area contributed by atoms with Gasteiger partial charge in [0, 0.05) is 13.0 Å². The van der Waals surface area contributed by atoms with E-state index in [1.807, 2.05) is 30.3 Å². The van der Waals surface area contributed by atoms with E-state index in [1.54, 1.807) is 17.0 Å². The average Bonchev–Trinajstić information content (AvgIpc) is 2.61. The van der Waals surface area contributed by atoms with Gasteiger partial charge in [-0.1, -0.05) is 42.5 Å². The largest absolute Gasteiger partial charge is 0.350 e. The molecule has 25 heavy (non-hydrogen) atoms. The molecule has 4 nitrogen and oxygen atoms in total. The van der Waals surface area contributed by atoms with Crippen molar-refractivity contribution in [2.75, 3.05) is 13.1 Å². The minimum absolute atomic E-state index is 0.0442. The number of aryl methyl sites for hydroxylation is 1. The maximum absolute atomic E-state index is 12.9. The van der Waals surface area contributed by atoms with Crippen LogP contribution >= 0.6 is 0 Å². The molecule has 1 N–H and O–H groups in total. The van der Waals surface area contributed by atoms with Gasteiger partial charge in [-0.25, -0.2) is 4.39 Å². The molecule has 0 aromatic heterocycles. The highest BCUT2D eigenvalue weighted by Crippen LogP contribution is 2.11. The maximum Gasteiger partial charge on any atom is 0.239 e. The molecule has 0 unspecified atom stereocenters.